The fraction of sp³-hybridized carbons (Fsp3) is 0.900. The van der Waals surface area contributed by atoms with Crippen molar-refractivity contribution in [2.75, 3.05) is 27.2 Å². The van der Waals surface area contributed by atoms with Crippen LogP contribution in [0, 0.1) is 0 Å². The smallest absolute Gasteiger partial charge is 0.188 e. The predicted molar refractivity (Wildman–Crippen MR) is 78.0 cm³/mol. The van der Waals surface area contributed by atoms with Gasteiger partial charge in [0, 0.05) is 12.1 Å². The Balaban J connectivity index is 0. The highest BCUT2D eigenvalue weighted by atomic mass is 127. The largest absolute Gasteiger partial charge is 0.370 e. The summed E-state index contributed by atoms with van der Waals surface area (Å²) in [4.78, 5) is 6.44. The summed E-state index contributed by atoms with van der Waals surface area (Å²) in [6, 6.07) is 0. The second kappa shape index (κ2) is 8.15. The molecule has 0 heterocycles. The van der Waals surface area contributed by atoms with E-state index in [0.717, 1.165) is 13.0 Å². The normalized spacial score (nSPS) is 12.5. The second-order valence-corrected chi connectivity index (χ2v) is 4.34. The van der Waals surface area contributed by atoms with Gasteiger partial charge in [-0.2, -0.15) is 0 Å². The molecule has 15 heavy (non-hydrogen) atoms. The molecule has 0 aliphatic carbocycles. The number of nitrogens with zero attached hydrogens (tertiary/aromatic N) is 2. The summed E-state index contributed by atoms with van der Waals surface area (Å²) in [6.07, 6.45) is 1.06. The zero-order chi connectivity index (χ0) is 11.2. The van der Waals surface area contributed by atoms with E-state index >= 15 is 0 Å². The van der Waals surface area contributed by atoms with E-state index in [9.17, 15) is 0 Å². The van der Waals surface area contributed by atoms with E-state index in [1.54, 1.807) is 0 Å². The van der Waals surface area contributed by atoms with Crippen molar-refractivity contribution in [2.24, 2.45) is 10.7 Å². The van der Waals surface area contributed by atoms with Gasteiger partial charge in [0.15, 0.2) is 5.96 Å². The molecule has 0 aromatic carbocycles. The van der Waals surface area contributed by atoms with Gasteiger partial charge in [0.05, 0.1) is 6.54 Å². The fourth-order valence-electron chi connectivity index (χ4n) is 0.729. The van der Waals surface area contributed by atoms with Crippen LogP contribution in [-0.2, 0) is 0 Å². The van der Waals surface area contributed by atoms with Crippen molar-refractivity contribution in [1.29, 1.82) is 0 Å². The van der Waals surface area contributed by atoms with Crippen LogP contribution in [0.2, 0.25) is 0 Å². The number of rotatable bonds is 5. The Kier molecular flexibility index (Phi) is 9.43. The third-order valence-electron chi connectivity index (χ3n) is 2.40. The molecule has 0 amide bonds. The molecule has 0 bridgehead atoms. The molecule has 0 fully saturated rings. The van der Waals surface area contributed by atoms with E-state index in [4.69, 9.17) is 5.73 Å². The lowest BCUT2D eigenvalue weighted by molar-refractivity contribution is 0.205. The van der Waals surface area contributed by atoms with Crippen molar-refractivity contribution in [3.63, 3.8) is 0 Å². The molecular weight excluding hydrogens is 303 g/mol. The fourth-order valence-corrected chi connectivity index (χ4v) is 0.729. The maximum atomic E-state index is 5.69. The van der Waals surface area contributed by atoms with Gasteiger partial charge in [0.2, 0.25) is 0 Å². The molecule has 0 aliphatic heterocycles. The Morgan fingerprint density at radius 3 is 2.33 bits per heavy atom. The molecule has 0 saturated carbocycles. The van der Waals surface area contributed by atoms with Gasteiger partial charge in [-0.15, -0.1) is 24.0 Å². The summed E-state index contributed by atoms with van der Waals surface area (Å²) in [5, 5.41) is 3.05. The molecule has 0 saturated heterocycles. The highest BCUT2D eigenvalue weighted by Crippen LogP contribution is 2.09. The Hall–Kier alpha value is -0.0400. The van der Waals surface area contributed by atoms with Crippen molar-refractivity contribution in [3.05, 3.63) is 0 Å². The van der Waals surface area contributed by atoms with Crippen LogP contribution in [0.3, 0.4) is 0 Å². The average Bonchev–Trinajstić information content (AvgIpc) is 2.11. The van der Waals surface area contributed by atoms with E-state index in [-0.39, 0.29) is 29.5 Å². The van der Waals surface area contributed by atoms with E-state index in [2.05, 4.69) is 36.0 Å². The van der Waals surface area contributed by atoms with Crippen LogP contribution >= 0.6 is 24.0 Å². The molecule has 3 N–H and O–H groups in total. The monoisotopic (exact) mass is 328 g/mol. The van der Waals surface area contributed by atoms with Crippen molar-refractivity contribution < 1.29 is 0 Å². The first-order valence-corrected chi connectivity index (χ1v) is 5.11. The number of hydrogen-bond donors (Lipinski definition) is 2. The summed E-state index contributed by atoms with van der Waals surface area (Å²) in [5.41, 5.74) is 5.74. The van der Waals surface area contributed by atoms with E-state index in [1.165, 1.54) is 0 Å². The molecule has 0 aliphatic rings. The summed E-state index contributed by atoms with van der Waals surface area (Å²) in [7, 11) is 4.09. The lowest BCUT2D eigenvalue weighted by Crippen LogP contribution is -2.42. The minimum absolute atomic E-state index is 0. The van der Waals surface area contributed by atoms with Crippen LogP contribution in [0.5, 0.6) is 0 Å². The maximum Gasteiger partial charge on any atom is 0.188 e. The maximum absolute atomic E-state index is 5.69. The molecule has 0 aromatic rings. The first kappa shape index (κ1) is 17.4. The zero-order valence-corrected chi connectivity index (χ0v) is 12.8. The SMILES string of the molecule is CCCNC(N)=NCC(C)(C)N(C)C.I. The van der Waals surface area contributed by atoms with Gasteiger partial charge in [0.1, 0.15) is 0 Å². The number of likely N-dealkylation sites (N-methyl/N-ethyl adjacent to an activating group) is 1. The van der Waals surface area contributed by atoms with Gasteiger partial charge < -0.3 is 16.0 Å². The number of guanidine groups is 1. The molecule has 0 atom stereocenters. The minimum atomic E-state index is 0. The molecular formula is C10H25IN4. The van der Waals surface area contributed by atoms with Gasteiger partial charge in [0.25, 0.3) is 0 Å². The first-order valence-electron chi connectivity index (χ1n) is 5.11. The molecule has 0 radical (unpaired) electrons. The van der Waals surface area contributed by atoms with Gasteiger partial charge in [-0.05, 0) is 34.4 Å². The minimum Gasteiger partial charge on any atom is -0.370 e. The Bertz CT molecular complexity index is 190. The van der Waals surface area contributed by atoms with Gasteiger partial charge >= 0.3 is 0 Å². The van der Waals surface area contributed by atoms with Crippen molar-refractivity contribution in [1.82, 2.24) is 10.2 Å². The molecule has 0 unspecified atom stereocenters. The zero-order valence-electron chi connectivity index (χ0n) is 10.5. The number of halogens is 1. The topological polar surface area (TPSA) is 53.6 Å². The quantitative estimate of drug-likeness (QED) is 0.454. The third-order valence-corrected chi connectivity index (χ3v) is 2.40. The summed E-state index contributed by atoms with van der Waals surface area (Å²) in [6.45, 7) is 7.98. The van der Waals surface area contributed by atoms with Gasteiger partial charge in [-0.1, -0.05) is 6.92 Å². The van der Waals surface area contributed by atoms with Crippen molar-refractivity contribution in [3.8, 4) is 0 Å². The Morgan fingerprint density at radius 2 is 1.93 bits per heavy atom. The number of nitrogens with one attached hydrogen (secondary N) is 1. The van der Waals surface area contributed by atoms with E-state index in [0.29, 0.717) is 12.5 Å². The van der Waals surface area contributed by atoms with Crippen LogP contribution in [-0.4, -0.2) is 43.6 Å². The summed E-state index contributed by atoms with van der Waals surface area (Å²) < 4.78 is 0. The summed E-state index contributed by atoms with van der Waals surface area (Å²) in [5.74, 6) is 0.543. The van der Waals surface area contributed by atoms with Crippen LogP contribution in [0.4, 0.5) is 0 Å². The van der Waals surface area contributed by atoms with E-state index < -0.39 is 0 Å². The van der Waals surface area contributed by atoms with Gasteiger partial charge in [-0.3, -0.25) is 4.99 Å². The lowest BCUT2D eigenvalue weighted by Gasteiger charge is -2.30. The highest BCUT2D eigenvalue weighted by Gasteiger charge is 2.19. The highest BCUT2D eigenvalue weighted by molar-refractivity contribution is 14.0. The Morgan fingerprint density at radius 1 is 1.40 bits per heavy atom. The standard InChI is InChI=1S/C10H24N4.HI/c1-6-7-12-9(11)13-8-10(2,3)14(4)5;/h6-8H2,1-5H3,(H3,11,12,13);1H. The predicted octanol–water partition coefficient (Wildman–Crippen LogP) is 1.26. The molecule has 5 heteroatoms. The number of nitrogens with two attached hydrogens (primary N) is 1. The Labute approximate surface area is 111 Å². The van der Waals surface area contributed by atoms with Crippen LogP contribution in [0.15, 0.2) is 4.99 Å². The van der Waals surface area contributed by atoms with Crippen molar-refractivity contribution in [2.45, 2.75) is 32.7 Å². The van der Waals surface area contributed by atoms with Crippen molar-refractivity contribution >= 4 is 29.9 Å². The van der Waals surface area contributed by atoms with Crippen LogP contribution in [0.25, 0.3) is 0 Å². The summed E-state index contributed by atoms with van der Waals surface area (Å²) >= 11 is 0. The molecule has 92 valence electrons. The molecule has 4 nitrogen and oxygen atoms in total. The third kappa shape index (κ3) is 7.84. The average molecular weight is 328 g/mol. The number of hydrogen-bond acceptors (Lipinski definition) is 2. The first-order chi connectivity index (χ1) is 6.40. The van der Waals surface area contributed by atoms with Crippen LogP contribution in [0.1, 0.15) is 27.2 Å². The van der Waals surface area contributed by atoms with E-state index in [1.807, 2.05) is 14.1 Å². The molecule has 0 spiro atoms. The molecule has 0 aromatic heterocycles. The lowest BCUT2D eigenvalue weighted by atomic mass is 10.1. The van der Waals surface area contributed by atoms with Gasteiger partial charge in [-0.25, -0.2) is 0 Å². The molecule has 0 rings (SSSR count). The second-order valence-electron chi connectivity index (χ2n) is 4.34. The number of aliphatic imine (C=N–C) groups is 1. The van der Waals surface area contributed by atoms with Crippen LogP contribution < -0.4 is 11.1 Å².